The summed E-state index contributed by atoms with van der Waals surface area (Å²) in [5.41, 5.74) is 0.431. The molecule has 0 aliphatic rings. The SMILES string of the molecule is [2H]C(O)(/C=C/c1ccc(OC)cc1)C(F)(F)F. The maximum atomic E-state index is 12.1. The molecule has 0 radical (unpaired) electrons. The molecule has 1 N–H and O–H groups in total. The number of methoxy groups -OCH3 is 1. The van der Waals surface area contributed by atoms with Gasteiger partial charge in [0, 0.05) is 0 Å². The molecule has 0 heterocycles. The van der Waals surface area contributed by atoms with Crippen LogP contribution in [0.4, 0.5) is 13.2 Å². The lowest BCUT2D eigenvalue weighted by Crippen LogP contribution is -2.25. The van der Waals surface area contributed by atoms with Gasteiger partial charge in [0.1, 0.15) is 5.75 Å². The van der Waals surface area contributed by atoms with E-state index in [1.807, 2.05) is 0 Å². The molecule has 0 saturated heterocycles. The van der Waals surface area contributed by atoms with E-state index in [1.165, 1.54) is 19.2 Å². The number of ether oxygens (including phenoxy) is 1. The second-order valence-electron chi connectivity index (χ2n) is 2.99. The van der Waals surface area contributed by atoms with Gasteiger partial charge in [-0.3, -0.25) is 0 Å². The van der Waals surface area contributed by atoms with Crippen molar-refractivity contribution in [2.75, 3.05) is 7.11 Å². The second kappa shape index (κ2) is 5.03. The van der Waals surface area contributed by atoms with Crippen LogP contribution >= 0.6 is 0 Å². The Labute approximate surface area is 92.4 Å². The predicted molar refractivity (Wildman–Crippen MR) is 54.1 cm³/mol. The molecule has 0 bridgehead atoms. The van der Waals surface area contributed by atoms with Gasteiger partial charge < -0.3 is 9.84 Å². The average molecular weight is 233 g/mol. The Bertz CT molecular complexity index is 396. The third kappa shape index (κ3) is 3.58. The molecule has 1 atom stereocenters. The molecule has 0 aliphatic carbocycles. The molecule has 0 fully saturated rings. The fourth-order valence-corrected chi connectivity index (χ4v) is 0.985. The van der Waals surface area contributed by atoms with Crippen LogP contribution < -0.4 is 4.74 Å². The summed E-state index contributed by atoms with van der Waals surface area (Å²) in [4.78, 5) is 0. The van der Waals surface area contributed by atoms with E-state index >= 15 is 0 Å². The first-order chi connectivity index (χ1) is 7.76. The van der Waals surface area contributed by atoms with Crippen molar-refractivity contribution >= 4 is 6.08 Å². The number of hydrogen-bond donors (Lipinski definition) is 1. The van der Waals surface area contributed by atoms with Crippen molar-refractivity contribution in [3.8, 4) is 5.75 Å². The topological polar surface area (TPSA) is 29.5 Å². The lowest BCUT2D eigenvalue weighted by Gasteiger charge is -2.09. The molecule has 0 spiro atoms. The first-order valence-electron chi connectivity index (χ1n) is 4.88. The fraction of sp³-hybridized carbons (Fsp3) is 0.273. The van der Waals surface area contributed by atoms with Gasteiger partial charge in [0.05, 0.1) is 8.48 Å². The van der Waals surface area contributed by atoms with Gasteiger partial charge in [0.25, 0.3) is 0 Å². The Morgan fingerprint density at radius 2 is 1.94 bits per heavy atom. The Morgan fingerprint density at radius 1 is 1.38 bits per heavy atom. The Morgan fingerprint density at radius 3 is 2.38 bits per heavy atom. The number of hydrogen-bond acceptors (Lipinski definition) is 2. The van der Waals surface area contributed by atoms with Crippen molar-refractivity contribution < 1.29 is 24.4 Å². The van der Waals surface area contributed by atoms with E-state index in [1.54, 1.807) is 12.1 Å². The monoisotopic (exact) mass is 233 g/mol. The molecule has 2 nitrogen and oxygen atoms in total. The molecule has 1 aromatic carbocycles. The fourth-order valence-electron chi connectivity index (χ4n) is 0.985. The zero-order valence-electron chi connectivity index (χ0n) is 9.45. The number of alkyl halides is 3. The summed E-state index contributed by atoms with van der Waals surface area (Å²) in [5, 5.41) is 8.84. The van der Waals surface area contributed by atoms with Crippen LogP contribution in [0.3, 0.4) is 0 Å². The summed E-state index contributed by atoms with van der Waals surface area (Å²) in [6.07, 6.45) is -7.18. The Balaban J connectivity index is 2.83. The van der Waals surface area contributed by atoms with Crippen LogP contribution in [-0.2, 0) is 0 Å². The van der Waals surface area contributed by atoms with E-state index in [-0.39, 0.29) is 0 Å². The standard InChI is InChI=1S/C11H11F3O2/c1-16-9-5-2-8(3-6-9)4-7-10(15)11(12,13)14/h2-7,10,15H,1H3/b7-4+/i10D. The quantitative estimate of drug-likeness (QED) is 0.869. The zero-order chi connectivity index (χ0) is 13.1. The van der Waals surface area contributed by atoms with E-state index in [0.717, 1.165) is 6.08 Å². The number of rotatable bonds is 3. The van der Waals surface area contributed by atoms with Crippen LogP contribution in [0.5, 0.6) is 5.75 Å². The lowest BCUT2D eigenvalue weighted by molar-refractivity contribution is -0.187. The van der Waals surface area contributed by atoms with E-state index in [0.29, 0.717) is 17.4 Å². The molecule has 0 saturated carbocycles. The van der Waals surface area contributed by atoms with E-state index in [2.05, 4.69) is 0 Å². The molecule has 88 valence electrons. The normalized spacial score (nSPS) is 16.9. The summed E-state index contributed by atoms with van der Waals surface area (Å²) in [6.45, 7) is 0. The summed E-state index contributed by atoms with van der Waals surface area (Å²) >= 11 is 0. The number of benzene rings is 1. The third-order valence-corrected chi connectivity index (χ3v) is 1.84. The average Bonchev–Trinajstić information content (AvgIpc) is 2.25. The highest BCUT2D eigenvalue weighted by molar-refractivity contribution is 5.51. The molecule has 16 heavy (non-hydrogen) atoms. The first kappa shape index (κ1) is 11.0. The Kier molecular flexibility index (Phi) is 3.46. The van der Waals surface area contributed by atoms with E-state index in [4.69, 9.17) is 11.2 Å². The van der Waals surface area contributed by atoms with E-state index < -0.39 is 12.3 Å². The van der Waals surface area contributed by atoms with Crippen molar-refractivity contribution in [2.45, 2.75) is 12.3 Å². The van der Waals surface area contributed by atoms with Gasteiger partial charge in [-0.1, -0.05) is 18.2 Å². The lowest BCUT2D eigenvalue weighted by atomic mass is 10.2. The van der Waals surface area contributed by atoms with Gasteiger partial charge in [0.2, 0.25) is 0 Å². The van der Waals surface area contributed by atoms with Crippen molar-refractivity contribution in [1.29, 1.82) is 0 Å². The highest BCUT2D eigenvalue weighted by Crippen LogP contribution is 2.21. The molecular formula is C11H11F3O2. The van der Waals surface area contributed by atoms with Gasteiger partial charge >= 0.3 is 6.18 Å². The number of aliphatic hydroxyl groups is 1. The highest BCUT2D eigenvalue weighted by Gasteiger charge is 2.35. The molecule has 0 amide bonds. The molecule has 1 unspecified atom stereocenters. The van der Waals surface area contributed by atoms with Crippen molar-refractivity contribution in [3.63, 3.8) is 0 Å². The minimum Gasteiger partial charge on any atom is -0.497 e. The second-order valence-corrected chi connectivity index (χ2v) is 2.99. The predicted octanol–water partition coefficient (Wildman–Crippen LogP) is 2.63. The molecule has 5 heteroatoms. The van der Waals surface area contributed by atoms with Gasteiger partial charge in [-0.2, -0.15) is 13.2 Å². The smallest absolute Gasteiger partial charge is 0.417 e. The highest BCUT2D eigenvalue weighted by atomic mass is 19.4. The largest absolute Gasteiger partial charge is 0.497 e. The summed E-state index contributed by atoms with van der Waals surface area (Å²) in [6, 6.07) is 6.16. The third-order valence-electron chi connectivity index (χ3n) is 1.84. The minimum absolute atomic E-state index is 0.384. The maximum Gasteiger partial charge on any atom is 0.417 e. The Hall–Kier alpha value is -1.49. The summed E-state index contributed by atoms with van der Waals surface area (Å²) in [5.74, 6) is 0.569. The maximum absolute atomic E-state index is 12.1. The van der Waals surface area contributed by atoms with Crippen LogP contribution in [0.2, 0.25) is 0 Å². The van der Waals surface area contributed by atoms with Gasteiger partial charge in [-0.05, 0) is 23.8 Å². The van der Waals surface area contributed by atoms with Crippen molar-refractivity contribution in [2.24, 2.45) is 0 Å². The first-order valence-corrected chi connectivity index (χ1v) is 4.38. The molecule has 0 aromatic heterocycles. The molecular weight excluding hydrogens is 221 g/mol. The van der Waals surface area contributed by atoms with Crippen molar-refractivity contribution in [1.82, 2.24) is 0 Å². The van der Waals surface area contributed by atoms with Crippen LogP contribution in [-0.4, -0.2) is 24.5 Å². The van der Waals surface area contributed by atoms with Gasteiger partial charge in [-0.15, -0.1) is 0 Å². The van der Waals surface area contributed by atoms with Crippen molar-refractivity contribution in [3.05, 3.63) is 35.9 Å². The van der Waals surface area contributed by atoms with E-state index in [9.17, 15) is 13.2 Å². The van der Waals surface area contributed by atoms with Crippen LogP contribution in [0.25, 0.3) is 6.08 Å². The molecule has 1 aromatic rings. The number of halogens is 3. The van der Waals surface area contributed by atoms with Gasteiger partial charge in [-0.25, -0.2) is 0 Å². The molecule has 1 rings (SSSR count). The zero-order valence-corrected chi connectivity index (χ0v) is 8.45. The van der Waals surface area contributed by atoms with Crippen LogP contribution in [0, 0.1) is 0 Å². The van der Waals surface area contributed by atoms with Crippen LogP contribution in [0.1, 0.15) is 6.93 Å². The summed E-state index contributed by atoms with van der Waals surface area (Å²) < 4.78 is 48.0. The van der Waals surface area contributed by atoms with Gasteiger partial charge in [0.15, 0.2) is 6.08 Å². The minimum atomic E-state index is -5.02. The molecule has 0 aliphatic heterocycles. The van der Waals surface area contributed by atoms with Crippen LogP contribution in [0.15, 0.2) is 30.3 Å². The summed E-state index contributed by atoms with van der Waals surface area (Å²) in [7, 11) is 1.47.